The highest BCUT2D eigenvalue weighted by atomic mass is 16.5. The van der Waals surface area contributed by atoms with Crippen LogP contribution in [0.15, 0.2) is 36.7 Å². The smallest absolute Gasteiger partial charge is 0.154 e. The Hall–Kier alpha value is -2.80. The number of aromatic nitrogens is 4. The van der Waals surface area contributed by atoms with Crippen LogP contribution in [0, 0.1) is 0 Å². The van der Waals surface area contributed by atoms with Crippen LogP contribution in [-0.2, 0) is 4.74 Å². The van der Waals surface area contributed by atoms with Gasteiger partial charge in [0, 0.05) is 13.1 Å². The molecule has 3 aromatic rings. The van der Waals surface area contributed by atoms with E-state index in [1.165, 1.54) is 0 Å². The molecule has 0 amide bonds. The maximum Gasteiger partial charge on any atom is 0.154 e. The molecule has 1 N–H and O–H groups in total. The fourth-order valence-electron chi connectivity index (χ4n) is 3.52. The average molecular weight is 378 g/mol. The van der Waals surface area contributed by atoms with Crippen LogP contribution in [0.4, 0.5) is 17.3 Å². The van der Waals surface area contributed by atoms with E-state index in [9.17, 15) is 0 Å². The van der Waals surface area contributed by atoms with Gasteiger partial charge in [0.2, 0.25) is 0 Å². The number of nitrogens with one attached hydrogen (secondary N) is 1. The van der Waals surface area contributed by atoms with Crippen molar-refractivity contribution in [1.82, 2.24) is 20.2 Å². The molecule has 28 heavy (non-hydrogen) atoms. The molecule has 4 heterocycles. The largest absolute Gasteiger partial charge is 0.372 e. The third-order valence-electron chi connectivity index (χ3n) is 4.91. The van der Waals surface area contributed by atoms with E-state index in [4.69, 9.17) is 9.72 Å². The van der Waals surface area contributed by atoms with Crippen LogP contribution in [0.3, 0.4) is 0 Å². The van der Waals surface area contributed by atoms with Crippen molar-refractivity contribution < 1.29 is 4.74 Å². The lowest BCUT2D eigenvalue weighted by atomic mass is 10.1. The summed E-state index contributed by atoms with van der Waals surface area (Å²) in [6.45, 7) is 10.2. The molecule has 0 spiro atoms. The van der Waals surface area contributed by atoms with E-state index in [2.05, 4.69) is 59.2 Å². The summed E-state index contributed by atoms with van der Waals surface area (Å²) in [4.78, 5) is 11.6. The molecular weight excluding hydrogens is 352 g/mol. The molecule has 7 heteroatoms. The van der Waals surface area contributed by atoms with Crippen LogP contribution in [0.25, 0.3) is 11.0 Å². The van der Waals surface area contributed by atoms with E-state index in [-0.39, 0.29) is 12.2 Å². The van der Waals surface area contributed by atoms with Gasteiger partial charge in [0.05, 0.1) is 41.3 Å². The van der Waals surface area contributed by atoms with Crippen molar-refractivity contribution in [1.29, 1.82) is 0 Å². The summed E-state index contributed by atoms with van der Waals surface area (Å²) >= 11 is 0. The van der Waals surface area contributed by atoms with Crippen molar-refractivity contribution in [2.75, 3.05) is 23.3 Å². The second-order valence-electron chi connectivity index (χ2n) is 7.74. The van der Waals surface area contributed by atoms with Gasteiger partial charge < -0.3 is 15.0 Å². The first-order valence-electron chi connectivity index (χ1n) is 9.75. The Kier molecular flexibility index (Phi) is 5.09. The Morgan fingerprint density at radius 1 is 1.04 bits per heavy atom. The average Bonchev–Trinajstić information content (AvgIpc) is 2.67. The van der Waals surface area contributed by atoms with Crippen molar-refractivity contribution >= 4 is 28.4 Å². The third-order valence-corrected chi connectivity index (χ3v) is 4.91. The minimum atomic E-state index is 0.201. The fraction of sp³-hybridized carbons (Fsp3) is 0.429. The number of rotatable bonds is 4. The van der Waals surface area contributed by atoms with E-state index in [0.29, 0.717) is 11.7 Å². The standard InChI is InChI=1S/C21H26N6O/c1-13(2)16-7-21(26-23-9-16)25-20-6-5-18-19(24-20)8-17(10-22-18)27-11-14(3)28-15(4)12-27/h5-10,13-15H,11-12H2,1-4H3,(H,24,25,26). The first-order chi connectivity index (χ1) is 13.5. The van der Waals surface area contributed by atoms with E-state index in [1.807, 2.05) is 24.4 Å². The molecule has 0 saturated carbocycles. The number of pyridine rings is 2. The van der Waals surface area contributed by atoms with Crippen LogP contribution in [0.2, 0.25) is 0 Å². The molecule has 0 bridgehead atoms. The Balaban J connectivity index is 1.60. The van der Waals surface area contributed by atoms with E-state index < -0.39 is 0 Å². The molecule has 4 rings (SSSR count). The predicted molar refractivity (Wildman–Crippen MR) is 111 cm³/mol. The van der Waals surface area contributed by atoms with Gasteiger partial charge in [0.25, 0.3) is 0 Å². The minimum Gasteiger partial charge on any atom is -0.372 e. The number of morpholine rings is 1. The number of hydrogen-bond donors (Lipinski definition) is 1. The van der Waals surface area contributed by atoms with Crippen molar-refractivity contribution in [2.45, 2.75) is 45.8 Å². The minimum absolute atomic E-state index is 0.201. The Labute approximate surface area is 165 Å². The Morgan fingerprint density at radius 2 is 1.82 bits per heavy atom. The van der Waals surface area contributed by atoms with E-state index >= 15 is 0 Å². The summed E-state index contributed by atoms with van der Waals surface area (Å²) in [5.74, 6) is 1.81. The number of nitrogens with zero attached hydrogens (tertiary/aromatic N) is 5. The van der Waals surface area contributed by atoms with Gasteiger partial charge in [-0.25, -0.2) is 4.98 Å². The molecule has 0 aromatic carbocycles. The lowest BCUT2D eigenvalue weighted by Gasteiger charge is -2.36. The third kappa shape index (κ3) is 4.04. The second kappa shape index (κ2) is 7.67. The van der Waals surface area contributed by atoms with Gasteiger partial charge >= 0.3 is 0 Å². The normalized spacial score (nSPS) is 20.0. The summed E-state index contributed by atoms with van der Waals surface area (Å²) in [5, 5.41) is 11.5. The number of fused-ring (bicyclic) bond motifs is 1. The van der Waals surface area contributed by atoms with Gasteiger partial charge in [0.1, 0.15) is 5.82 Å². The van der Waals surface area contributed by atoms with Crippen LogP contribution in [0.1, 0.15) is 39.2 Å². The maximum absolute atomic E-state index is 5.84. The van der Waals surface area contributed by atoms with E-state index in [1.54, 1.807) is 6.20 Å². The maximum atomic E-state index is 5.84. The Bertz CT molecular complexity index is 966. The highest BCUT2D eigenvalue weighted by molar-refractivity contribution is 5.80. The predicted octanol–water partition coefficient (Wildman–Crippen LogP) is 3.90. The molecular formula is C21H26N6O. The van der Waals surface area contributed by atoms with Crippen LogP contribution >= 0.6 is 0 Å². The van der Waals surface area contributed by atoms with Gasteiger partial charge in [-0.05, 0) is 49.6 Å². The molecule has 1 aliphatic rings. The molecule has 2 unspecified atom stereocenters. The highest BCUT2D eigenvalue weighted by Gasteiger charge is 2.22. The fourth-order valence-corrected chi connectivity index (χ4v) is 3.52. The zero-order valence-electron chi connectivity index (χ0n) is 16.8. The lowest BCUT2D eigenvalue weighted by molar-refractivity contribution is -0.00522. The molecule has 0 aliphatic carbocycles. The lowest BCUT2D eigenvalue weighted by Crippen LogP contribution is -2.45. The first kappa shape index (κ1) is 18.6. The van der Waals surface area contributed by atoms with Crippen molar-refractivity contribution in [3.63, 3.8) is 0 Å². The van der Waals surface area contributed by atoms with Crippen molar-refractivity contribution in [2.24, 2.45) is 0 Å². The molecule has 1 saturated heterocycles. The molecule has 146 valence electrons. The van der Waals surface area contributed by atoms with Crippen molar-refractivity contribution in [3.8, 4) is 0 Å². The van der Waals surface area contributed by atoms with Crippen LogP contribution in [-0.4, -0.2) is 45.5 Å². The SMILES string of the molecule is CC1CN(c2cnc3ccc(Nc4cc(C(C)C)cnn4)nc3c2)CC(C)O1. The molecule has 2 atom stereocenters. The topological polar surface area (TPSA) is 76.1 Å². The first-order valence-corrected chi connectivity index (χ1v) is 9.75. The zero-order chi connectivity index (χ0) is 19.7. The number of anilines is 3. The number of hydrogen-bond acceptors (Lipinski definition) is 7. The molecule has 0 radical (unpaired) electrons. The molecule has 7 nitrogen and oxygen atoms in total. The Morgan fingerprint density at radius 3 is 2.57 bits per heavy atom. The number of ether oxygens (including phenoxy) is 1. The summed E-state index contributed by atoms with van der Waals surface area (Å²) in [7, 11) is 0. The second-order valence-corrected chi connectivity index (χ2v) is 7.74. The van der Waals surface area contributed by atoms with Gasteiger partial charge in [-0.1, -0.05) is 13.8 Å². The van der Waals surface area contributed by atoms with Crippen LogP contribution in [0.5, 0.6) is 0 Å². The zero-order valence-corrected chi connectivity index (χ0v) is 16.8. The van der Waals surface area contributed by atoms with E-state index in [0.717, 1.165) is 41.2 Å². The van der Waals surface area contributed by atoms with Gasteiger partial charge in [0.15, 0.2) is 5.82 Å². The highest BCUT2D eigenvalue weighted by Crippen LogP contribution is 2.24. The molecule has 3 aromatic heterocycles. The van der Waals surface area contributed by atoms with Gasteiger partial charge in [-0.3, -0.25) is 4.98 Å². The van der Waals surface area contributed by atoms with Crippen molar-refractivity contribution in [3.05, 3.63) is 42.2 Å². The van der Waals surface area contributed by atoms with Gasteiger partial charge in [-0.15, -0.1) is 5.10 Å². The summed E-state index contributed by atoms with van der Waals surface area (Å²) in [6.07, 6.45) is 4.11. The monoisotopic (exact) mass is 378 g/mol. The summed E-state index contributed by atoms with van der Waals surface area (Å²) < 4.78 is 5.84. The molecule has 1 aliphatic heterocycles. The summed E-state index contributed by atoms with van der Waals surface area (Å²) in [5.41, 5.74) is 3.92. The summed E-state index contributed by atoms with van der Waals surface area (Å²) in [6, 6.07) is 7.99. The van der Waals surface area contributed by atoms with Gasteiger partial charge in [-0.2, -0.15) is 5.10 Å². The van der Waals surface area contributed by atoms with Crippen LogP contribution < -0.4 is 10.2 Å². The molecule has 1 fully saturated rings. The quantitative estimate of drug-likeness (QED) is 0.738.